The van der Waals surface area contributed by atoms with E-state index in [1.165, 1.54) is 25.7 Å². The third-order valence-electron chi connectivity index (χ3n) is 4.34. The topological polar surface area (TPSA) is 47.6 Å². The zero-order valence-corrected chi connectivity index (χ0v) is 16.3. The Balaban J connectivity index is 1.58. The van der Waals surface area contributed by atoms with Gasteiger partial charge in [0.05, 0.1) is 6.61 Å². The van der Waals surface area contributed by atoms with Crippen LogP contribution in [0.5, 0.6) is 5.75 Å². The first-order valence-corrected chi connectivity index (χ1v) is 9.94. The number of unbranched alkanes of at least 4 members (excludes halogenated alkanes) is 5. The highest BCUT2D eigenvalue weighted by atomic mass is 16.5. The molecule has 1 N–H and O–H groups in total. The molecule has 0 aliphatic rings. The first-order chi connectivity index (χ1) is 13.3. The molecular weight excluding hydrogens is 338 g/mol. The third-order valence-corrected chi connectivity index (χ3v) is 4.34. The van der Waals surface area contributed by atoms with Gasteiger partial charge < -0.3 is 14.8 Å². The van der Waals surface area contributed by atoms with Crippen LogP contribution in [0.2, 0.25) is 0 Å². The fourth-order valence-corrected chi connectivity index (χ4v) is 2.72. The summed E-state index contributed by atoms with van der Waals surface area (Å²) < 4.78 is 11.0. The Kier molecular flexibility index (Phi) is 9.87. The monoisotopic (exact) mass is 369 g/mol. The van der Waals surface area contributed by atoms with Gasteiger partial charge in [-0.05, 0) is 29.7 Å². The van der Waals surface area contributed by atoms with Crippen LogP contribution in [0.4, 0.5) is 4.79 Å². The Morgan fingerprint density at radius 3 is 2.30 bits per heavy atom. The second-order valence-corrected chi connectivity index (χ2v) is 6.68. The Morgan fingerprint density at radius 1 is 0.852 bits per heavy atom. The van der Waals surface area contributed by atoms with Crippen LogP contribution in [0, 0.1) is 0 Å². The highest BCUT2D eigenvalue weighted by molar-refractivity contribution is 5.67. The first kappa shape index (κ1) is 20.8. The molecule has 0 aliphatic heterocycles. The average Bonchev–Trinajstić information content (AvgIpc) is 2.71. The molecule has 27 heavy (non-hydrogen) atoms. The van der Waals surface area contributed by atoms with Crippen LogP contribution in [0.25, 0.3) is 0 Å². The molecule has 0 aliphatic carbocycles. The van der Waals surface area contributed by atoms with Crippen LogP contribution < -0.4 is 10.1 Å². The molecule has 0 fully saturated rings. The summed E-state index contributed by atoms with van der Waals surface area (Å²) in [5.41, 5.74) is 2.15. The van der Waals surface area contributed by atoms with E-state index in [-0.39, 0.29) is 6.09 Å². The van der Waals surface area contributed by atoms with E-state index in [9.17, 15) is 4.79 Å². The van der Waals surface area contributed by atoms with E-state index >= 15 is 0 Å². The molecule has 0 saturated heterocycles. The van der Waals surface area contributed by atoms with Crippen molar-refractivity contribution in [2.75, 3.05) is 6.61 Å². The highest BCUT2D eigenvalue weighted by Crippen LogP contribution is 2.14. The van der Waals surface area contributed by atoms with Crippen LogP contribution in [-0.2, 0) is 17.9 Å². The maximum absolute atomic E-state index is 11.7. The Bertz CT molecular complexity index is 640. The van der Waals surface area contributed by atoms with Gasteiger partial charge in [-0.3, -0.25) is 0 Å². The Hall–Kier alpha value is -2.49. The van der Waals surface area contributed by atoms with E-state index in [1.807, 2.05) is 54.6 Å². The zero-order chi connectivity index (χ0) is 19.2. The number of ether oxygens (including phenoxy) is 2. The maximum atomic E-state index is 11.7. The van der Waals surface area contributed by atoms with Crippen LogP contribution in [-0.4, -0.2) is 12.7 Å². The summed E-state index contributed by atoms with van der Waals surface area (Å²) in [4.78, 5) is 11.7. The molecule has 0 bridgehead atoms. The van der Waals surface area contributed by atoms with Crippen molar-refractivity contribution in [2.24, 2.45) is 0 Å². The number of alkyl carbamates (subject to hydrolysis) is 1. The van der Waals surface area contributed by atoms with Gasteiger partial charge in [0.25, 0.3) is 0 Å². The largest absolute Gasteiger partial charge is 0.489 e. The number of hydrogen-bond donors (Lipinski definition) is 1. The predicted molar refractivity (Wildman–Crippen MR) is 109 cm³/mol. The fourth-order valence-electron chi connectivity index (χ4n) is 2.72. The van der Waals surface area contributed by atoms with Crippen molar-refractivity contribution in [3.63, 3.8) is 0 Å². The fraction of sp³-hybridized carbons (Fsp3) is 0.435. The molecule has 0 spiro atoms. The van der Waals surface area contributed by atoms with Crippen molar-refractivity contribution >= 4 is 6.09 Å². The van der Waals surface area contributed by atoms with E-state index < -0.39 is 0 Å². The summed E-state index contributed by atoms with van der Waals surface area (Å²) in [6.07, 6.45) is 6.73. The number of benzene rings is 2. The van der Waals surface area contributed by atoms with E-state index in [2.05, 4.69) is 12.2 Å². The van der Waals surface area contributed by atoms with Crippen molar-refractivity contribution in [2.45, 2.75) is 58.6 Å². The molecule has 4 heteroatoms. The number of nitrogens with one attached hydrogen (secondary N) is 1. The average molecular weight is 370 g/mol. The minimum absolute atomic E-state index is 0.354. The van der Waals surface area contributed by atoms with E-state index in [4.69, 9.17) is 9.47 Å². The second-order valence-electron chi connectivity index (χ2n) is 6.68. The first-order valence-electron chi connectivity index (χ1n) is 9.94. The maximum Gasteiger partial charge on any atom is 0.407 e. The minimum Gasteiger partial charge on any atom is -0.489 e. The summed E-state index contributed by atoms with van der Waals surface area (Å²) in [6, 6.07) is 17.8. The standard InChI is InChI=1S/C23H31NO3/c1-2-3-4-5-6-10-17-26-23(25)24-18-20-13-15-22(16-14-20)27-19-21-11-8-7-9-12-21/h7-9,11-16H,2-6,10,17-19H2,1H3,(H,24,25). The lowest BCUT2D eigenvalue weighted by Crippen LogP contribution is -2.24. The molecule has 0 radical (unpaired) electrons. The number of carbonyl (C=O) groups is 1. The van der Waals surface area contributed by atoms with Crippen molar-refractivity contribution in [3.05, 3.63) is 65.7 Å². The summed E-state index contributed by atoms with van der Waals surface area (Å²) in [5.74, 6) is 0.813. The third kappa shape index (κ3) is 9.13. The van der Waals surface area contributed by atoms with Crippen LogP contribution >= 0.6 is 0 Å². The quantitative estimate of drug-likeness (QED) is 0.477. The van der Waals surface area contributed by atoms with Gasteiger partial charge in [0.15, 0.2) is 0 Å². The minimum atomic E-state index is -0.354. The number of hydrogen-bond acceptors (Lipinski definition) is 3. The van der Waals surface area contributed by atoms with E-state index in [1.54, 1.807) is 0 Å². The lowest BCUT2D eigenvalue weighted by Gasteiger charge is -2.09. The summed E-state index contributed by atoms with van der Waals surface area (Å²) in [6.45, 7) is 3.69. The Labute approximate surface area is 162 Å². The Morgan fingerprint density at radius 2 is 1.56 bits per heavy atom. The molecule has 0 saturated carbocycles. The molecule has 2 aromatic carbocycles. The lowest BCUT2D eigenvalue weighted by molar-refractivity contribution is 0.143. The highest BCUT2D eigenvalue weighted by Gasteiger charge is 2.03. The van der Waals surface area contributed by atoms with Crippen LogP contribution in [0.1, 0.15) is 56.6 Å². The zero-order valence-electron chi connectivity index (χ0n) is 16.3. The van der Waals surface area contributed by atoms with Crippen LogP contribution in [0.3, 0.4) is 0 Å². The number of carbonyl (C=O) groups excluding carboxylic acids is 1. The van der Waals surface area contributed by atoms with E-state index in [0.29, 0.717) is 19.8 Å². The number of amides is 1. The molecule has 2 rings (SSSR count). The molecule has 0 heterocycles. The normalized spacial score (nSPS) is 10.4. The smallest absolute Gasteiger partial charge is 0.407 e. The molecule has 2 aromatic rings. The van der Waals surface area contributed by atoms with Gasteiger partial charge in [0.2, 0.25) is 0 Å². The molecule has 0 atom stereocenters. The van der Waals surface area contributed by atoms with Gasteiger partial charge in [-0.2, -0.15) is 0 Å². The molecule has 4 nitrogen and oxygen atoms in total. The van der Waals surface area contributed by atoms with Crippen molar-refractivity contribution in [1.82, 2.24) is 5.32 Å². The summed E-state index contributed by atoms with van der Waals surface area (Å²) >= 11 is 0. The van der Waals surface area contributed by atoms with Crippen molar-refractivity contribution < 1.29 is 14.3 Å². The predicted octanol–water partition coefficient (Wildman–Crippen LogP) is 5.85. The van der Waals surface area contributed by atoms with Gasteiger partial charge in [0, 0.05) is 6.54 Å². The lowest BCUT2D eigenvalue weighted by atomic mass is 10.1. The van der Waals surface area contributed by atoms with Gasteiger partial charge in [0.1, 0.15) is 12.4 Å². The van der Waals surface area contributed by atoms with Gasteiger partial charge in [-0.15, -0.1) is 0 Å². The van der Waals surface area contributed by atoms with Gasteiger partial charge in [-0.1, -0.05) is 81.5 Å². The van der Waals surface area contributed by atoms with Crippen LogP contribution in [0.15, 0.2) is 54.6 Å². The molecule has 146 valence electrons. The number of rotatable bonds is 12. The van der Waals surface area contributed by atoms with Crippen molar-refractivity contribution in [3.8, 4) is 5.75 Å². The molecule has 0 unspecified atom stereocenters. The molecule has 1 amide bonds. The SMILES string of the molecule is CCCCCCCCOC(=O)NCc1ccc(OCc2ccccc2)cc1. The van der Waals surface area contributed by atoms with Gasteiger partial charge >= 0.3 is 6.09 Å². The van der Waals surface area contributed by atoms with Gasteiger partial charge in [-0.25, -0.2) is 4.79 Å². The van der Waals surface area contributed by atoms with E-state index in [0.717, 1.165) is 29.7 Å². The summed E-state index contributed by atoms with van der Waals surface area (Å²) in [5, 5.41) is 2.79. The van der Waals surface area contributed by atoms with Crippen molar-refractivity contribution in [1.29, 1.82) is 0 Å². The molecular formula is C23H31NO3. The summed E-state index contributed by atoms with van der Waals surface area (Å²) in [7, 11) is 0. The molecule has 0 aromatic heterocycles. The second kappa shape index (κ2) is 12.8.